The van der Waals surface area contributed by atoms with Gasteiger partial charge in [-0.2, -0.15) is 4.31 Å². The molecule has 0 bridgehead atoms. The summed E-state index contributed by atoms with van der Waals surface area (Å²) in [5, 5.41) is 6.58. The molecule has 1 saturated heterocycles. The molecule has 1 aliphatic rings. The van der Waals surface area contributed by atoms with Crippen molar-refractivity contribution in [2.45, 2.75) is 24.3 Å². The number of aromatic nitrogens is 1. The molecule has 4 rings (SSSR count). The van der Waals surface area contributed by atoms with Gasteiger partial charge < -0.3 is 15.6 Å². The molecular weight excluding hydrogens is 440 g/mol. The van der Waals surface area contributed by atoms with Gasteiger partial charge in [0.1, 0.15) is 5.69 Å². The van der Waals surface area contributed by atoms with Crippen LogP contribution >= 0.6 is 0 Å². The maximum Gasteiger partial charge on any atom is 0.272 e. The Morgan fingerprint density at radius 3 is 2.55 bits per heavy atom. The molecule has 2 heterocycles. The summed E-state index contributed by atoms with van der Waals surface area (Å²) >= 11 is 0. The third-order valence-electron chi connectivity index (χ3n) is 5.91. The third kappa shape index (κ3) is 4.84. The van der Waals surface area contributed by atoms with Crippen molar-refractivity contribution in [3.05, 3.63) is 72.9 Å². The van der Waals surface area contributed by atoms with Crippen LogP contribution in [0.2, 0.25) is 0 Å². The fraction of sp³-hybridized carbons (Fsp3) is 0.250. The number of anilines is 1. The van der Waals surface area contributed by atoms with Gasteiger partial charge in [0.15, 0.2) is 0 Å². The summed E-state index contributed by atoms with van der Waals surface area (Å²) in [4.78, 5) is 27.4. The van der Waals surface area contributed by atoms with E-state index in [9.17, 15) is 18.0 Å². The number of para-hydroxylation sites is 1. The number of benzene rings is 2. The fourth-order valence-corrected chi connectivity index (χ4v) is 5.59. The van der Waals surface area contributed by atoms with E-state index >= 15 is 0 Å². The minimum absolute atomic E-state index is 0.0349. The van der Waals surface area contributed by atoms with E-state index in [0.29, 0.717) is 30.9 Å². The van der Waals surface area contributed by atoms with E-state index in [-0.39, 0.29) is 28.7 Å². The van der Waals surface area contributed by atoms with Gasteiger partial charge in [-0.05, 0) is 54.8 Å². The smallest absolute Gasteiger partial charge is 0.272 e. The van der Waals surface area contributed by atoms with Gasteiger partial charge in [-0.15, -0.1) is 0 Å². The number of nitrogens with zero attached hydrogens (tertiary/aromatic N) is 1. The van der Waals surface area contributed by atoms with Crippen LogP contribution in [-0.4, -0.2) is 48.7 Å². The predicted octanol–water partition coefficient (Wildman–Crippen LogP) is 3.12. The number of fused-ring (bicyclic) bond motifs is 1. The number of aromatic amines is 1. The summed E-state index contributed by atoms with van der Waals surface area (Å²) in [5.41, 5.74) is 1.79. The summed E-state index contributed by atoms with van der Waals surface area (Å²) in [6.45, 7) is 5.99. The van der Waals surface area contributed by atoms with Gasteiger partial charge in [0.25, 0.3) is 5.91 Å². The summed E-state index contributed by atoms with van der Waals surface area (Å²) in [6, 6.07) is 15.4. The van der Waals surface area contributed by atoms with Gasteiger partial charge >= 0.3 is 0 Å². The highest BCUT2D eigenvalue weighted by Gasteiger charge is 2.34. The topological polar surface area (TPSA) is 111 Å². The molecule has 8 nitrogen and oxygen atoms in total. The SMILES string of the molecule is C=CC(=O)NC1CCN(S(=O)(=O)c2ccc(NC(=O)c3cc4ccccc4[nH]3)cc2)CC1C. The van der Waals surface area contributed by atoms with Crippen molar-refractivity contribution in [2.24, 2.45) is 5.92 Å². The Hall–Kier alpha value is -3.43. The van der Waals surface area contributed by atoms with Gasteiger partial charge in [0.05, 0.1) is 4.90 Å². The first-order valence-electron chi connectivity index (χ1n) is 10.7. The molecule has 0 radical (unpaired) electrons. The quantitative estimate of drug-likeness (QED) is 0.485. The van der Waals surface area contributed by atoms with E-state index in [1.54, 1.807) is 18.2 Å². The van der Waals surface area contributed by atoms with Crippen LogP contribution in [0.25, 0.3) is 10.9 Å². The average Bonchev–Trinajstić information content (AvgIpc) is 3.25. The minimum Gasteiger partial charge on any atom is -0.351 e. The largest absolute Gasteiger partial charge is 0.351 e. The molecular formula is C24H26N4O4S. The van der Waals surface area contributed by atoms with Gasteiger partial charge in [0, 0.05) is 35.7 Å². The lowest BCUT2D eigenvalue weighted by atomic mass is 9.95. The van der Waals surface area contributed by atoms with E-state index in [1.165, 1.54) is 22.5 Å². The van der Waals surface area contributed by atoms with Crippen molar-refractivity contribution in [1.82, 2.24) is 14.6 Å². The highest BCUT2D eigenvalue weighted by Crippen LogP contribution is 2.25. The molecule has 172 valence electrons. The number of amides is 2. The number of sulfonamides is 1. The maximum atomic E-state index is 13.1. The summed E-state index contributed by atoms with van der Waals surface area (Å²) < 4.78 is 27.6. The molecule has 0 spiro atoms. The number of hydrogen-bond acceptors (Lipinski definition) is 4. The Morgan fingerprint density at radius 2 is 1.88 bits per heavy atom. The number of piperidine rings is 1. The van der Waals surface area contributed by atoms with Crippen molar-refractivity contribution in [3.63, 3.8) is 0 Å². The van der Waals surface area contributed by atoms with Gasteiger partial charge in [0.2, 0.25) is 15.9 Å². The van der Waals surface area contributed by atoms with Crippen molar-refractivity contribution in [1.29, 1.82) is 0 Å². The summed E-state index contributed by atoms with van der Waals surface area (Å²) in [7, 11) is -3.69. The molecule has 2 aromatic carbocycles. The molecule has 0 saturated carbocycles. The molecule has 1 aromatic heterocycles. The Kier molecular flexibility index (Phi) is 6.35. The number of hydrogen-bond donors (Lipinski definition) is 3. The lowest BCUT2D eigenvalue weighted by Gasteiger charge is -2.36. The molecule has 9 heteroatoms. The van der Waals surface area contributed by atoms with Crippen LogP contribution in [0.3, 0.4) is 0 Å². The molecule has 2 unspecified atom stereocenters. The molecule has 1 fully saturated rings. The number of carbonyl (C=O) groups is 2. The van der Waals surface area contributed by atoms with Crippen LogP contribution in [0.15, 0.2) is 72.1 Å². The molecule has 2 amide bonds. The fourth-order valence-electron chi connectivity index (χ4n) is 4.04. The lowest BCUT2D eigenvalue weighted by molar-refractivity contribution is -0.117. The number of rotatable bonds is 6. The first-order valence-corrected chi connectivity index (χ1v) is 12.1. The zero-order valence-electron chi connectivity index (χ0n) is 18.2. The van der Waals surface area contributed by atoms with Crippen LogP contribution in [0.1, 0.15) is 23.8 Å². The lowest BCUT2D eigenvalue weighted by Crippen LogP contribution is -2.51. The zero-order chi connectivity index (χ0) is 23.6. The van der Waals surface area contributed by atoms with Gasteiger partial charge in [-0.1, -0.05) is 31.7 Å². The Labute approximate surface area is 192 Å². The molecule has 3 N–H and O–H groups in total. The predicted molar refractivity (Wildman–Crippen MR) is 127 cm³/mol. The molecule has 33 heavy (non-hydrogen) atoms. The summed E-state index contributed by atoms with van der Waals surface area (Å²) in [5.74, 6) is -0.597. The van der Waals surface area contributed by atoms with Crippen LogP contribution in [0.4, 0.5) is 5.69 Å². The zero-order valence-corrected chi connectivity index (χ0v) is 19.1. The Morgan fingerprint density at radius 1 is 1.15 bits per heavy atom. The maximum absolute atomic E-state index is 13.1. The standard InChI is InChI=1S/C24H26N4O4S/c1-3-23(29)27-20-12-13-28(15-16(20)2)33(31,32)19-10-8-18(9-11-19)25-24(30)22-14-17-6-4-5-7-21(17)26-22/h3-11,14,16,20,26H,1,12-13,15H2,2H3,(H,25,30)(H,27,29). The van der Waals surface area contributed by atoms with E-state index in [4.69, 9.17) is 0 Å². The van der Waals surface area contributed by atoms with Crippen molar-refractivity contribution >= 4 is 38.4 Å². The highest BCUT2D eigenvalue weighted by atomic mass is 32.2. The molecule has 2 atom stereocenters. The second-order valence-electron chi connectivity index (χ2n) is 8.20. The van der Waals surface area contributed by atoms with Crippen LogP contribution in [0.5, 0.6) is 0 Å². The first-order chi connectivity index (χ1) is 15.8. The minimum atomic E-state index is -3.69. The summed E-state index contributed by atoms with van der Waals surface area (Å²) in [6.07, 6.45) is 1.74. The molecule has 1 aliphatic heterocycles. The second-order valence-corrected chi connectivity index (χ2v) is 10.1. The number of nitrogens with one attached hydrogen (secondary N) is 3. The third-order valence-corrected chi connectivity index (χ3v) is 7.78. The van der Waals surface area contributed by atoms with E-state index in [2.05, 4.69) is 22.2 Å². The number of H-pyrrole nitrogens is 1. The number of carbonyl (C=O) groups excluding carboxylic acids is 2. The Balaban J connectivity index is 1.42. The van der Waals surface area contributed by atoms with Gasteiger partial charge in [-0.25, -0.2) is 8.42 Å². The van der Waals surface area contributed by atoms with Crippen molar-refractivity contribution in [3.8, 4) is 0 Å². The van der Waals surface area contributed by atoms with Crippen LogP contribution in [-0.2, 0) is 14.8 Å². The van der Waals surface area contributed by atoms with E-state index in [1.807, 2.05) is 31.2 Å². The van der Waals surface area contributed by atoms with E-state index < -0.39 is 10.0 Å². The van der Waals surface area contributed by atoms with Crippen molar-refractivity contribution < 1.29 is 18.0 Å². The second kappa shape index (κ2) is 9.21. The van der Waals surface area contributed by atoms with Gasteiger partial charge in [-0.3, -0.25) is 9.59 Å². The van der Waals surface area contributed by atoms with Crippen LogP contribution in [0, 0.1) is 5.92 Å². The molecule has 3 aromatic rings. The van der Waals surface area contributed by atoms with Crippen LogP contribution < -0.4 is 10.6 Å². The highest BCUT2D eigenvalue weighted by molar-refractivity contribution is 7.89. The Bertz CT molecular complexity index is 1260. The average molecular weight is 467 g/mol. The monoisotopic (exact) mass is 466 g/mol. The van der Waals surface area contributed by atoms with Crippen molar-refractivity contribution in [2.75, 3.05) is 18.4 Å². The van der Waals surface area contributed by atoms with E-state index in [0.717, 1.165) is 10.9 Å². The normalized spacial score (nSPS) is 19.2. The first kappa shape index (κ1) is 22.8. The molecule has 0 aliphatic carbocycles.